The number of sulfonamides is 1. The number of cyclic esters (lactones) is 1. The molecule has 0 unspecified atom stereocenters. The van der Waals surface area contributed by atoms with Crippen molar-refractivity contribution in [2.75, 3.05) is 31.1 Å². The Morgan fingerprint density at radius 3 is 2.25 bits per heavy atom. The second-order valence-corrected chi connectivity index (χ2v) is 7.78. The lowest BCUT2D eigenvalue weighted by molar-refractivity contribution is -0.122. The summed E-state index contributed by atoms with van der Waals surface area (Å²) in [5, 5.41) is 0. The first kappa shape index (κ1) is 16.7. The van der Waals surface area contributed by atoms with Crippen molar-refractivity contribution in [2.45, 2.75) is 17.7 Å². The first-order valence-electron chi connectivity index (χ1n) is 7.73. The first-order valence-corrected chi connectivity index (χ1v) is 9.17. The summed E-state index contributed by atoms with van der Waals surface area (Å²) in [6, 6.07) is 6.15. The predicted molar refractivity (Wildman–Crippen MR) is 85.8 cm³/mol. The minimum absolute atomic E-state index is 0.163. The molecule has 24 heavy (non-hydrogen) atoms. The van der Waals surface area contributed by atoms with Gasteiger partial charge in [0, 0.05) is 24.7 Å². The second-order valence-electron chi connectivity index (χ2n) is 5.84. The Hall–Kier alpha value is -2.13. The Balaban J connectivity index is 1.73. The van der Waals surface area contributed by atoms with Crippen LogP contribution >= 0.6 is 0 Å². The molecule has 0 aliphatic carbocycles. The van der Waals surface area contributed by atoms with Crippen LogP contribution in [0, 0.1) is 5.92 Å². The molecule has 2 N–H and O–H groups in total. The van der Waals surface area contributed by atoms with E-state index in [4.69, 9.17) is 10.5 Å². The maximum Gasteiger partial charge on any atom is 0.414 e. The molecule has 0 aromatic heterocycles. The van der Waals surface area contributed by atoms with Gasteiger partial charge in [0.25, 0.3) is 0 Å². The van der Waals surface area contributed by atoms with Gasteiger partial charge in [-0.25, -0.2) is 13.2 Å². The van der Waals surface area contributed by atoms with E-state index in [2.05, 4.69) is 0 Å². The number of nitrogens with two attached hydrogens (primary N) is 1. The minimum atomic E-state index is -3.62. The van der Waals surface area contributed by atoms with Crippen LogP contribution < -0.4 is 10.6 Å². The van der Waals surface area contributed by atoms with E-state index in [0.29, 0.717) is 31.7 Å². The number of amides is 2. The van der Waals surface area contributed by atoms with Gasteiger partial charge in [0.1, 0.15) is 6.61 Å². The van der Waals surface area contributed by atoms with Crippen LogP contribution in [-0.2, 0) is 19.6 Å². The summed E-state index contributed by atoms with van der Waals surface area (Å²) in [6.07, 6.45) is 0.442. The van der Waals surface area contributed by atoms with Crippen molar-refractivity contribution >= 4 is 27.7 Å². The van der Waals surface area contributed by atoms with Crippen LogP contribution in [0.2, 0.25) is 0 Å². The normalized spacial score (nSPS) is 20.2. The summed E-state index contributed by atoms with van der Waals surface area (Å²) >= 11 is 0. The molecular formula is C15H19N3O5S. The molecule has 0 radical (unpaired) electrons. The number of nitrogens with zero attached hydrogens (tertiary/aromatic N) is 2. The van der Waals surface area contributed by atoms with Gasteiger partial charge in [-0.05, 0) is 37.1 Å². The van der Waals surface area contributed by atoms with Crippen LogP contribution in [0.3, 0.4) is 0 Å². The smallest absolute Gasteiger partial charge is 0.414 e. The monoisotopic (exact) mass is 353 g/mol. The maximum atomic E-state index is 12.7. The van der Waals surface area contributed by atoms with Crippen LogP contribution in [0.25, 0.3) is 0 Å². The summed E-state index contributed by atoms with van der Waals surface area (Å²) in [5.41, 5.74) is 5.87. The number of benzene rings is 1. The first-order chi connectivity index (χ1) is 11.4. The lowest BCUT2D eigenvalue weighted by atomic mass is 9.98. The van der Waals surface area contributed by atoms with Crippen molar-refractivity contribution in [3.05, 3.63) is 24.3 Å². The summed E-state index contributed by atoms with van der Waals surface area (Å²) in [6.45, 7) is 1.32. The largest absolute Gasteiger partial charge is 0.447 e. The highest BCUT2D eigenvalue weighted by Gasteiger charge is 2.31. The topological polar surface area (TPSA) is 110 Å². The minimum Gasteiger partial charge on any atom is -0.447 e. The summed E-state index contributed by atoms with van der Waals surface area (Å²) in [7, 11) is -3.62. The average molecular weight is 353 g/mol. The molecular weight excluding hydrogens is 334 g/mol. The maximum absolute atomic E-state index is 12.7. The van der Waals surface area contributed by atoms with Gasteiger partial charge in [0.15, 0.2) is 0 Å². The number of hydrogen-bond acceptors (Lipinski definition) is 5. The zero-order valence-electron chi connectivity index (χ0n) is 13.1. The Labute approximate surface area is 140 Å². The highest BCUT2D eigenvalue weighted by molar-refractivity contribution is 7.89. The van der Waals surface area contributed by atoms with E-state index in [1.54, 1.807) is 12.1 Å². The third kappa shape index (κ3) is 3.09. The Kier molecular flexibility index (Phi) is 4.46. The number of carbonyl (C=O) groups is 2. The van der Waals surface area contributed by atoms with Crippen molar-refractivity contribution in [3.8, 4) is 0 Å². The molecule has 2 heterocycles. The van der Waals surface area contributed by atoms with Gasteiger partial charge >= 0.3 is 6.09 Å². The van der Waals surface area contributed by atoms with E-state index in [-0.39, 0.29) is 29.8 Å². The van der Waals surface area contributed by atoms with Crippen LogP contribution in [-0.4, -0.2) is 51.0 Å². The van der Waals surface area contributed by atoms with Gasteiger partial charge in [-0.3, -0.25) is 9.69 Å². The number of rotatable bonds is 4. The highest BCUT2D eigenvalue weighted by atomic mass is 32.2. The van der Waals surface area contributed by atoms with Crippen molar-refractivity contribution in [3.63, 3.8) is 0 Å². The van der Waals surface area contributed by atoms with Crippen molar-refractivity contribution < 1.29 is 22.7 Å². The van der Waals surface area contributed by atoms with E-state index in [1.807, 2.05) is 0 Å². The Bertz CT molecular complexity index is 739. The Morgan fingerprint density at radius 2 is 1.75 bits per heavy atom. The molecule has 2 saturated heterocycles. The van der Waals surface area contributed by atoms with E-state index >= 15 is 0 Å². The van der Waals surface area contributed by atoms with E-state index in [9.17, 15) is 18.0 Å². The predicted octanol–water partition coefficient (Wildman–Crippen LogP) is 0.529. The molecule has 130 valence electrons. The van der Waals surface area contributed by atoms with Gasteiger partial charge in [-0.15, -0.1) is 0 Å². The summed E-state index contributed by atoms with van der Waals surface area (Å²) in [5.74, 6) is -0.645. The van der Waals surface area contributed by atoms with Gasteiger partial charge in [-0.2, -0.15) is 4.31 Å². The second kappa shape index (κ2) is 6.40. The molecule has 2 fully saturated rings. The number of piperidine rings is 1. The number of hydrogen-bond donors (Lipinski definition) is 1. The third-order valence-corrected chi connectivity index (χ3v) is 6.32. The van der Waals surface area contributed by atoms with Gasteiger partial charge < -0.3 is 10.5 Å². The average Bonchev–Trinajstić information content (AvgIpc) is 3.01. The molecule has 3 rings (SSSR count). The van der Waals surface area contributed by atoms with Crippen molar-refractivity contribution in [1.82, 2.24) is 4.31 Å². The van der Waals surface area contributed by atoms with Gasteiger partial charge in [0.2, 0.25) is 15.9 Å². The SMILES string of the molecule is NC(=O)C1CCN(S(=O)(=O)c2ccc(N3CCOC3=O)cc2)CC1. The van der Waals surface area contributed by atoms with Gasteiger partial charge in [0.05, 0.1) is 11.4 Å². The number of carbonyl (C=O) groups excluding carboxylic acids is 2. The molecule has 2 aliphatic rings. The van der Waals surface area contributed by atoms with Crippen molar-refractivity contribution in [1.29, 1.82) is 0 Å². The standard InChI is InChI=1S/C15H19N3O5S/c16-14(19)11-5-7-17(8-6-11)24(21,22)13-3-1-12(2-4-13)18-9-10-23-15(18)20/h1-4,11H,5-10H2,(H2,16,19). The van der Waals surface area contributed by atoms with Crippen molar-refractivity contribution in [2.24, 2.45) is 11.7 Å². The van der Waals surface area contributed by atoms with Crippen LogP contribution in [0.15, 0.2) is 29.2 Å². The zero-order chi connectivity index (χ0) is 17.3. The molecule has 8 nitrogen and oxygen atoms in total. The fourth-order valence-electron chi connectivity index (χ4n) is 2.96. The molecule has 2 aliphatic heterocycles. The van der Waals surface area contributed by atoms with E-state index in [1.165, 1.54) is 21.3 Å². The molecule has 0 bridgehead atoms. The zero-order valence-corrected chi connectivity index (χ0v) is 13.9. The van der Waals surface area contributed by atoms with Crippen LogP contribution in [0.4, 0.5) is 10.5 Å². The van der Waals surface area contributed by atoms with E-state index in [0.717, 1.165) is 0 Å². The lowest BCUT2D eigenvalue weighted by Crippen LogP contribution is -2.41. The molecule has 0 atom stereocenters. The quantitative estimate of drug-likeness (QED) is 0.849. The van der Waals surface area contributed by atoms with Crippen LogP contribution in [0.1, 0.15) is 12.8 Å². The molecule has 0 saturated carbocycles. The summed E-state index contributed by atoms with van der Waals surface area (Å²) < 4.78 is 31.6. The fraction of sp³-hybridized carbons (Fsp3) is 0.467. The molecule has 0 spiro atoms. The fourth-order valence-corrected chi connectivity index (χ4v) is 4.43. The molecule has 1 aromatic carbocycles. The number of primary amides is 1. The lowest BCUT2D eigenvalue weighted by Gasteiger charge is -2.29. The molecule has 2 amide bonds. The highest BCUT2D eigenvalue weighted by Crippen LogP contribution is 2.26. The van der Waals surface area contributed by atoms with Crippen LogP contribution in [0.5, 0.6) is 0 Å². The molecule has 1 aromatic rings. The van der Waals surface area contributed by atoms with Gasteiger partial charge in [-0.1, -0.05) is 0 Å². The van der Waals surface area contributed by atoms with E-state index < -0.39 is 16.1 Å². The third-order valence-electron chi connectivity index (χ3n) is 4.40. The number of anilines is 1. The number of ether oxygens (including phenoxy) is 1. The Morgan fingerprint density at radius 1 is 1.12 bits per heavy atom. The summed E-state index contributed by atoms with van der Waals surface area (Å²) in [4.78, 5) is 24.3. The molecule has 9 heteroatoms.